The van der Waals surface area contributed by atoms with E-state index in [2.05, 4.69) is 88.4 Å². The van der Waals surface area contributed by atoms with E-state index < -0.39 is 14.5 Å². The van der Waals surface area contributed by atoms with E-state index in [0.717, 1.165) is 122 Å². The lowest BCUT2D eigenvalue weighted by molar-refractivity contribution is 0.207. The highest BCUT2D eigenvalue weighted by molar-refractivity contribution is 7.69. The number of hydrogen-bond donors (Lipinski definition) is 1. The number of nitrogens with one attached hydrogen (secondary N) is 1. The molecule has 0 spiro atoms. The zero-order valence-corrected chi connectivity index (χ0v) is 40.9. The van der Waals surface area contributed by atoms with Crippen LogP contribution in [0.5, 0.6) is 11.5 Å². The Bertz CT molecular complexity index is 2390. The minimum absolute atomic E-state index is 0.314. The largest absolute Gasteiger partial charge is 0.495 e. The highest BCUT2D eigenvalue weighted by atomic mass is 31.2. The number of anilines is 2. The third kappa shape index (κ3) is 13.9. The zero-order valence-electron chi connectivity index (χ0n) is 39.1. The van der Waals surface area contributed by atoms with Crippen molar-refractivity contribution in [1.82, 2.24) is 25.1 Å². The molecule has 12 nitrogen and oxygen atoms in total. The third-order valence-corrected chi connectivity index (χ3v) is 14.2. The van der Waals surface area contributed by atoms with E-state index in [4.69, 9.17) is 24.0 Å². The van der Waals surface area contributed by atoms with E-state index in [1.807, 2.05) is 49.4 Å². The van der Waals surface area contributed by atoms with Gasteiger partial charge in [0.25, 0.3) is 0 Å². The molecule has 338 valence electrons. The van der Waals surface area contributed by atoms with Crippen LogP contribution in [0.15, 0.2) is 60.7 Å². The fourth-order valence-electron chi connectivity index (χ4n) is 7.57. The summed E-state index contributed by atoms with van der Waals surface area (Å²) < 4.78 is 44.3. The van der Waals surface area contributed by atoms with Gasteiger partial charge in [0.05, 0.1) is 43.6 Å². The Labute approximate surface area is 376 Å². The van der Waals surface area contributed by atoms with Gasteiger partial charge in [0.2, 0.25) is 7.37 Å². The summed E-state index contributed by atoms with van der Waals surface area (Å²) in [6.07, 6.45) is 0. The molecule has 1 N–H and O–H groups in total. The lowest BCUT2D eigenvalue weighted by Crippen LogP contribution is -2.36. The van der Waals surface area contributed by atoms with Gasteiger partial charge in [0.1, 0.15) is 29.5 Å². The Kier molecular flexibility index (Phi) is 18.3. The molecule has 3 heterocycles. The molecule has 0 aliphatic carbocycles. The van der Waals surface area contributed by atoms with Gasteiger partial charge in [0.15, 0.2) is 0 Å². The molecular weight excluding hydrogens is 829 g/mol. The molecule has 0 radical (unpaired) electrons. The van der Waals surface area contributed by atoms with Gasteiger partial charge in [-0.3, -0.25) is 14.4 Å². The van der Waals surface area contributed by atoms with Gasteiger partial charge in [-0.1, -0.05) is 23.7 Å². The van der Waals surface area contributed by atoms with Crippen LogP contribution in [-0.2, 0) is 26.7 Å². The number of rotatable bonds is 16. The molecule has 1 fully saturated rings. The number of benzene rings is 2. The van der Waals surface area contributed by atoms with Crippen LogP contribution in [0.2, 0.25) is 0 Å². The molecule has 63 heavy (non-hydrogen) atoms. The van der Waals surface area contributed by atoms with Crippen molar-refractivity contribution in [1.29, 1.82) is 0 Å². The molecule has 0 saturated carbocycles. The van der Waals surface area contributed by atoms with Crippen LogP contribution in [0.1, 0.15) is 68.3 Å². The summed E-state index contributed by atoms with van der Waals surface area (Å²) in [4.78, 5) is 19.1. The van der Waals surface area contributed by atoms with Crippen molar-refractivity contribution >= 4 is 36.8 Å². The van der Waals surface area contributed by atoms with E-state index in [1.54, 1.807) is 40.3 Å². The number of pyridine rings is 2. The van der Waals surface area contributed by atoms with Crippen molar-refractivity contribution in [2.45, 2.75) is 47.7 Å². The fourth-order valence-corrected chi connectivity index (χ4v) is 9.70. The monoisotopic (exact) mass is 895 g/mol. The van der Waals surface area contributed by atoms with E-state index in [-0.39, 0.29) is 0 Å². The number of aromatic nitrogens is 2. The number of hydrogen-bond acceptors (Lipinski definition) is 12. The first kappa shape index (κ1) is 49.4. The number of methoxy groups -OCH3 is 2. The predicted molar refractivity (Wildman–Crippen MR) is 261 cm³/mol. The van der Waals surface area contributed by atoms with Crippen molar-refractivity contribution in [3.05, 3.63) is 94.3 Å². The maximum Gasteiger partial charge on any atom is 0.247 e. The van der Waals surface area contributed by atoms with Gasteiger partial charge in [-0.2, -0.15) is 0 Å². The quantitative estimate of drug-likeness (QED) is 0.0954. The molecule has 1 aliphatic rings. The van der Waals surface area contributed by atoms with Crippen molar-refractivity contribution in [2.24, 2.45) is 0 Å². The van der Waals surface area contributed by atoms with Crippen LogP contribution in [0.25, 0.3) is 0 Å². The molecular formula is C49H67N7O5P2. The van der Waals surface area contributed by atoms with Gasteiger partial charge in [-0.15, -0.1) is 0 Å². The Balaban J connectivity index is 1.39. The van der Waals surface area contributed by atoms with Gasteiger partial charge in [-0.25, -0.2) is 9.97 Å². The highest BCUT2D eigenvalue weighted by Crippen LogP contribution is 2.40. The van der Waals surface area contributed by atoms with Gasteiger partial charge >= 0.3 is 0 Å². The van der Waals surface area contributed by atoms with Crippen LogP contribution in [0, 0.1) is 23.7 Å². The summed E-state index contributed by atoms with van der Waals surface area (Å²) in [5.41, 5.74) is 7.86. The molecule has 2 aromatic heterocycles. The fraction of sp³-hybridized carbons (Fsp3) is 0.469. The average Bonchev–Trinajstić information content (AvgIpc) is 3.37. The van der Waals surface area contributed by atoms with Gasteiger partial charge in [0, 0.05) is 107 Å². The summed E-state index contributed by atoms with van der Waals surface area (Å²) in [5.74, 6) is 15.0. The van der Waals surface area contributed by atoms with Gasteiger partial charge < -0.3 is 33.7 Å². The standard InChI is InChI=1S/C49H67N7O5P2/c1-11-55(12-2)44-32-38(20-22-46(44)59-6)16-18-40-30-42(51-48(34-40)62(8,9)57)36-53-26-24-50-25-27-54(29-28-53)37-43-31-41(35-49(52-43)63(10,58)61-15-5)19-17-39-21-23-47(60-7)45(33-39)56(13-3)14-4/h20-23,30-35,50H,11-15,24-29,36-37H2,1-10H3. The molecule has 1 atom stereocenters. The minimum Gasteiger partial charge on any atom is -0.495 e. The summed E-state index contributed by atoms with van der Waals surface area (Å²) in [6.45, 7) is 25.1. The molecule has 5 rings (SSSR count). The SMILES string of the molecule is CCOP(C)(=O)c1cc(C#Cc2ccc(OC)c(N(CC)CC)c2)cc(CN2CCNCCN(Cc3cc(C#Cc4ccc(OC)c(N(CC)CC)c4)cc(P(C)(C)=O)n3)CC2)n1. The van der Waals surface area contributed by atoms with Crippen LogP contribution >= 0.6 is 14.5 Å². The first-order valence-corrected chi connectivity index (χ1v) is 26.8. The van der Waals surface area contributed by atoms with Crippen molar-refractivity contribution < 1.29 is 23.1 Å². The lowest BCUT2D eigenvalue weighted by atomic mass is 10.1. The van der Waals surface area contributed by atoms with Crippen LogP contribution < -0.4 is 35.5 Å². The van der Waals surface area contributed by atoms with Crippen LogP contribution in [0.4, 0.5) is 11.4 Å². The minimum atomic E-state index is -3.20. The van der Waals surface area contributed by atoms with Gasteiger partial charge in [-0.05, 0) is 109 Å². The summed E-state index contributed by atoms with van der Waals surface area (Å²) in [5, 5.41) is 3.60. The predicted octanol–water partition coefficient (Wildman–Crippen LogP) is 6.71. The Morgan fingerprint density at radius 2 is 1.03 bits per heavy atom. The second kappa shape index (κ2) is 23.3. The number of nitrogens with zero attached hydrogens (tertiary/aromatic N) is 6. The molecule has 1 saturated heterocycles. The lowest BCUT2D eigenvalue weighted by Gasteiger charge is -2.26. The molecule has 4 aromatic rings. The Morgan fingerprint density at radius 3 is 1.44 bits per heavy atom. The smallest absolute Gasteiger partial charge is 0.247 e. The molecule has 0 amide bonds. The van der Waals surface area contributed by atoms with Crippen molar-refractivity contribution in [3.8, 4) is 35.2 Å². The normalized spacial score (nSPS) is 14.8. The summed E-state index contributed by atoms with van der Waals surface area (Å²) in [7, 11) is -2.51. The molecule has 1 aliphatic heterocycles. The topological polar surface area (TPSA) is 113 Å². The van der Waals surface area contributed by atoms with E-state index in [1.165, 1.54) is 0 Å². The summed E-state index contributed by atoms with van der Waals surface area (Å²) >= 11 is 0. The maximum absolute atomic E-state index is 13.8. The van der Waals surface area contributed by atoms with Crippen LogP contribution in [0.3, 0.4) is 0 Å². The van der Waals surface area contributed by atoms with E-state index >= 15 is 0 Å². The second-order valence-corrected chi connectivity index (χ2v) is 21.5. The first-order valence-electron chi connectivity index (χ1n) is 22.1. The molecule has 14 heteroatoms. The second-order valence-electron chi connectivity index (χ2n) is 15.9. The van der Waals surface area contributed by atoms with E-state index in [0.29, 0.717) is 30.6 Å². The molecule has 2 aromatic carbocycles. The van der Waals surface area contributed by atoms with Crippen LogP contribution in [-0.4, -0.2) is 126 Å². The van der Waals surface area contributed by atoms with Crippen molar-refractivity contribution in [3.63, 3.8) is 0 Å². The van der Waals surface area contributed by atoms with Crippen molar-refractivity contribution in [2.75, 3.05) is 116 Å². The Morgan fingerprint density at radius 1 is 0.603 bits per heavy atom. The average molecular weight is 896 g/mol. The van der Waals surface area contributed by atoms with E-state index in [9.17, 15) is 9.13 Å². The molecule has 1 unspecified atom stereocenters. The summed E-state index contributed by atoms with van der Waals surface area (Å²) in [6, 6.07) is 19.7. The highest BCUT2D eigenvalue weighted by Gasteiger charge is 2.23. The zero-order chi connectivity index (χ0) is 45.6. The first-order chi connectivity index (χ1) is 30.2. The molecule has 0 bridgehead atoms. The maximum atomic E-state index is 13.8. The number of ether oxygens (including phenoxy) is 2. The third-order valence-electron chi connectivity index (χ3n) is 11.1. The Hall–Kier alpha value is -4.64.